The number of ether oxygens (including phenoxy) is 1. The Labute approximate surface area is 161 Å². The molecule has 2 saturated heterocycles. The lowest BCUT2D eigenvalue weighted by Gasteiger charge is -2.49. The number of piperidine rings is 1. The molecule has 0 saturated carbocycles. The number of carbonyl (C=O) groups is 1. The van der Waals surface area contributed by atoms with Gasteiger partial charge in [0.05, 0.1) is 31.8 Å². The van der Waals surface area contributed by atoms with Gasteiger partial charge >= 0.3 is 5.97 Å². The number of esters is 1. The number of quaternary nitrogens is 1. The number of fused-ring (bicyclic) bond motifs is 2. The molecular formula is C20H31BrNO3+. The predicted octanol–water partition coefficient (Wildman–Crippen LogP) is 3.43. The number of aliphatic hydroxyl groups excluding tert-OH is 1. The maximum absolute atomic E-state index is 12.6. The van der Waals surface area contributed by atoms with Crippen molar-refractivity contribution in [3.05, 3.63) is 35.9 Å². The first-order valence-electron chi connectivity index (χ1n) is 9.18. The van der Waals surface area contributed by atoms with E-state index in [0.29, 0.717) is 18.1 Å². The van der Waals surface area contributed by atoms with Gasteiger partial charge in [0, 0.05) is 25.7 Å². The Morgan fingerprint density at radius 1 is 1.20 bits per heavy atom. The van der Waals surface area contributed by atoms with Gasteiger partial charge in [0.15, 0.2) is 0 Å². The molecule has 3 unspecified atom stereocenters. The van der Waals surface area contributed by atoms with Crippen molar-refractivity contribution >= 4 is 23.0 Å². The van der Waals surface area contributed by atoms with Crippen LogP contribution in [0.15, 0.2) is 30.3 Å². The van der Waals surface area contributed by atoms with Crippen molar-refractivity contribution in [2.45, 2.75) is 69.7 Å². The molecule has 3 atom stereocenters. The summed E-state index contributed by atoms with van der Waals surface area (Å²) in [4.78, 5) is 12.6. The second kappa shape index (κ2) is 8.19. The highest BCUT2D eigenvalue weighted by molar-refractivity contribution is 8.93. The summed E-state index contributed by atoms with van der Waals surface area (Å²) in [5, 5.41) is 9.65. The van der Waals surface area contributed by atoms with Crippen molar-refractivity contribution in [1.82, 2.24) is 0 Å². The van der Waals surface area contributed by atoms with Crippen LogP contribution in [-0.4, -0.2) is 53.4 Å². The molecule has 1 aromatic carbocycles. The van der Waals surface area contributed by atoms with Crippen LogP contribution < -0.4 is 0 Å². The summed E-state index contributed by atoms with van der Waals surface area (Å²) in [7, 11) is 2.37. The first kappa shape index (κ1) is 20.4. The SMILES string of the molecule is Br.CC(C)[N+]1(C)C2CCC1CC(OC(=O)C(CO)c1ccccc1)C2. The van der Waals surface area contributed by atoms with Gasteiger partial charge in [0.1, 0.15) is 12.0 Å². The van der Waals surface area contributed by atoms with E-state index in [4.69, 9.17) is 4.74 Å². The van der Waals surface area contributed by atoms with Crippen molar-refractivity contribution in [2.75, 3.05) is 13.7 Å². The quantitative estimate of drug-likeness (QED) is 0.594. The first-order valence-corrected chi connectivity index (χ1v) is 9.18. The minimum atomic E-state index is -0.572. The number of nitrogens with zero attached hydrogens (tertiary/aromatic N) is 1. The molecule has 0 spiro atoms. The summed E-state index contributed by atoms with van der Waals surface area (Å²) in [6, 6.07) is 11.2. The minimum Gasteiger partial charge on any atom is -0.461 e. The standard InChI is InChI=1S/C20H30NO3.BrH/c1-14(2)21(3)16-9-10-17(21)12-18(11-16)24-20(23)19(13-22)15-7-5-4-6-8-15;/h4-8,14,16-19,22H,9-13H2,1-3H3;1H/q+1;. The third-order valence-electron chi connectivity index (χ3n) is 6.54. The zero-order valence-corrected chi connectivity index (χ0v) is 17.1. The third-order valence-corrected chi connectivity index (χ3v) is 6.54. The second-order valence-electron chi connectivity index (χ2n) is 7.88. The monoisotopic (exact) mass is 412 g/mol. The molecule has 1 N–H and O–H groups in total. The van der Waals surface area contributed by atoms with Crippen molar-refractivity contribution in [3.63, 3.8) is 0 Å². The lowest BCUT2D eigenvalue weighted by Crippen LogP contribution is -2.62. The fourth-order valence-electron chi connectivity index (χ4n) is 4.82. The normalized spacial score (nSPS) is 32.1. The van der Waals surface area contributed by atoms with Gasteiger partial charge in [-0.05, 0) is 19.4 Å². The molecule has 2 heterocycles. The number of benzene rings is 1. The van der Waals surface area contributed by atoms with E-state index in [1.165, 1.54) is 12.8 Å². The molecule has 0 aromatic heterocycles. The topological polar surface area (TPSA) is 46.5 Å². The van der Waals surface area contributed by atoms with Gasteiger partial charge in [0.25, 0.3) is 0 Å². The van der Waals surface area contributed by atoms with Crippen LogP contribution in [0.1, 0.15) is 51.0 Å². The van der Waals surface area contributed by atoms with Crippen molar-refractivity contribution < 1.29 is 19.1 Å². The predicted molar refractivity (Wildman–Crippen MR) is 104 cm³/mol. The Morgan fingerprint density at radius 3 is 2.24 bits per heavy atom. The smallest absolute Gasteiger partial charge is 0.316 e. The lowest BCUT2D eigenvalue weighted by molar-refractivity contribution is -0.968. The maximum Gasteiger partial charge on any atom is 0.316 e. The fraction of sp³-hybridized carbons (Fsp3) is 0.650. The van der Waals surface area contributed by atoms with Crippen molar-refractivity contribution in [3.8, 4) is 0 Å². The average molecular weight is 413 g/mol. The van der Waals surface area contributed by atoms with Crippen LogP contribution in [0, 0.1) is 0 Å². The summed E-state index contributed by atoms with van der Waals surface area (Å²) in [5.74, 6) is -0.856. The zero-order valence-electron chi connectivity index (χ0n) is 15.4. The molecule has 2 aliphatic rings. The molecular weight excluding hydrogens is 382 g/mol. The molecule has 2 fully saturated rings. The van der Waals surface area contributed by atoms with Gasteiger partial charge in [-0.3, -0.25) is 4.79 Å². The number of carbonyl (C=O) groups excluding carboxylic acids is 1. The maximum atomic E-state index is 12.6. The summed E-state index contributed by atoms with van der Waals surface area (Å²) in [6.45, 7) is 4.39. The highest BCUT2D eigenvalue weighted by atomic mass is 79.9. The third kappa shape index (κ3) is 3.79. The number of halogens is 1. The van der Waals surface area contributed by atoms with Crippen LogP contribution in [0.3, 0.4) is 0 Å². The molecule has 1 aromatic rings. The second-order valence-corrected chi connectivity index (χ2v) is 7.88. The molecule has 0 aliphatic carbocycles. The molecule has 2 bridgehead atoms. The fourth-order valence-corrected chi connectivity index (χ4v) is 4.82. The van der Waals surface area contributed by atoms with E-state index in [1.54, 1.807) is 0 Å². The van der Waals surface area contributed by atoms with Crippen LogP contribution in [0.25, 0.3) is 0 Å². The highest BCUT2D eigenvalue weighted by Gasteiger charge is 2.53. The van der Waals surface area contributed by atoms with E-state index < -0.39 is 5.92 Å². The van der Waals surface area contributed by atoms with Crippen molar-refractivity contribution in [1.29, 1.82) is 0 Å². The Hall–Kier alpha value is -0.910. The van der Waals surface area contributed by atoms with E-state index in [9.17, 15) is 9.90 Å². The molecule has 140 valence electrons. The number of hydrogen-bond acceptors (Lipinski definition) is 3. The van der Waals surface area contributed by atoms with Gasteiger partial charge in [-0.1, -0.05) is 30.3 Å². The summed E-state index contributed by atoms with van der Waals surface area (Å²) < 4.78 is 6.96. The van der Waals surface area contributed by atoms with Crippen LogP contribution in [0.2, 0.25) is 0 Å². The van der Waals surface area contributed by atoms with Gasteiger partial charge < -0.3 is 14.3 Å². The Morgan fingerprint density at radius 2 is 1.76 bits per heavy atom. The molecule has 2 aliphatic heterocycles. The van der Waals surface area contributed by atoms with Crippen LogP contribution in [0.4, 0.5) is 0 Å². The van der Waals surface area contributed by atoms with Crippen LogP contribution >= 0.6 is 17.0 Å². The Balaban J connectivity index is 0.00000225. The highest BCUT2D eigenvalue weighted by Crippen LogP contribution is 2.44. The van der Waals surface area contributed by atoms with Crippen LogP contribution in [-0.2, 0) is 9.53 Å². The largest absolute Gasteiger partial charge is 0.461 e. The summed E-state index contributed by atoms with van der Waals surface area (Å²) in [6.07, 6.45) is 4.36. The summed E-state index contributed by atoms with van der Waals surface area (Å²) >= 11 is 0. The molecule has 25 heavy (non-hydrogen) atoms. The van der Waals surface area contributed by atoms with E-state index >= 15 is 0 Å². The van der Waals surface area contributed by atoms with Gasteiger partial charge in [-0.15, -0.1) is 17.0 Å². The molecule has 4 nitrogen and oxygen atoms in total. The van der Waals surface area contributed by atoms with Gasteiger partial charge in [-0.2, -0.15) is 0 Å². The lowest BCUT2D eigenvalue weighted by atomic mass is 9.94. The molecule has 3 rings (SSSR count). The average Bonchev–Trinajstić information content (AvgIpc) is 2.74. The molecule has 0 radical (unpaired) electrons. The van der Waals surface area contributed by atoms with Gasteiger partial charge in [0.2, 0.25) is 0 Å². The molecule has 5 heteroatoms. The number of aliphatic hydroxyl groups is 1. The van der Waals surface area contributed by atoms with Gasteiger partial charge in [-0.25, -0.2) is 0 Å². The summed E-state index contributed by atoms with van der Waals surface area (Å²) in [5.41, 5.74) is 0.826. The number of rotatable bonds is 5. The van der Waals surface area contributed by atoms with Crippen LogP contribution in [0.5, 0.6) is 0 Å². The minimum absolute atomic E-state index is 0. The Bertz CT molecular complexity index is 564. The van der Waals surface area contributed by atoms with E-state index in [2.05, 4.69) is 20.9 Å². The Kier molecular flexibility index (Phi) is 6.68. The number of hydrogen-bond donors (Lipinski definition) is 1. The van der Waals surface area contributed by atoms with Crippen molar-refractivity contribution in [2.24, 2.45) is 0 Å². The van der Waals surface area contributed by atoms with E-state index in [-0.39, 0.29) is 35.7 Å². The van der Waals surface area contributed by atoms with E-state index in [1.807, 2.05) is 30.3 Å². The van der Waals surface area contributed by atoms with E-state index in [0.717, 1.165) is 22.9 Å². The zero-order chi connectivity index (χ0) is 17.3. The molecule has 0 amide bonds. The first-order chi connectivity index (χ1) is 11.5.